The number of carbonyl (C=O) groups is 2. The van der Waals surface area contributed by atoms with Crippen LogP contribution in [0.3, 0.4) is 0 Å². The molecule has 0 N–H and O–H groups in total. The Balaban J connectivity index is 1.60. The van der Waals surface area contributed by atoms with Gasteiger partial charge in [0, 0.05) is 0 Å². The van der Waals surface area contributed by atoms with Gasteiger partial charge in [-0.05, 0) is 55.0 Å². The van der Waals surface area contributed by atoms with E-state index in [2.05, 4.69) is 9.84 Å². The first kappa shape index (κ1) is 16.8. The summed E-state index contributed by atoms with van der Waals surface area (Å²) in [4.78, 5) is 24.4. The average molecular weight is 364 g/mol. The highest BCUT2D eigenvalue weighted by Crippen LogP contribution is 2.34. The maximum Gasteiger partial charge on any atom is 0.337 e. The SMILES string of the molecule is COC(=O)c1ccc(N2N=C(C)/C(=C/c3ccc4c(c3)OCO4)C2=O)cc1. The first-order valence-electron chi connectivity index (χ1n) is 8.26. The lowest BCUT2D eigenvalue weighted by Gasteiger charge is -2.12. The summed E-state index contributed by atoms with van der Waals surface area (Å²) in [6, 6.07) is 12.0. The topological polar surface area (TPSA) is 77.4 Å². The van der Waals surface area contributed by atoms with Crippen LogP contribution in [0.5, 0.6) is 11.5 Å². The number of nitrogens with zero attached hydrogens (tertiary/aromatic N) is 2. The van der Waals surface area contributed by atoms with E-state index in [-0.39, 0.29) is 12.7 Å². The summed E-state index contributed by atoms with van der Waals surface area (Å²) in [5.41, 5.74) is 2.89. The van der Waals surface area contributed by atoms with Gasteiger partial charge in [0.05, 0.1) is 29.6 Å². The van der Waals surface area contributed by atoms with Gasteiger partial charge >= 0.3 is 5.97 Å². The Labute approximate surface area is 155 Å². The normalized spacial score (nSPS) is 16.7. The second kappa shape index (κ2) is 6.60. The van der Waals surface area contributed by atoms with Crippen LogP contribution >= 0.6 is 0 Å². The molecule has 0 radical (unpaired) electrons. The molecular weight excluding hydrogens is 348 g/mol. The van der Waals surface area contributed by atoms with Crippen molar-refractivity contribution in [3.8, 4) is 11.5 Å². The Hall–Kier alpha value is -3.61. The largest absolute Gasteiger partial charge is 0.465 e. The van der Waals surface area contributed by atoms with Crippen LogP contribution in [0.2, 0.25) is 0 Å². The van der Waals surface area contributed by atoms with Crippen molar-refractivity contribution in [2.45, 2.75) is 6.92 Å². The van der Waals surface area contributed by atoms with Crippen molar-refractivity contribution in [1.29, 1.82) is 0 Å². The van der Waals surface area contributed by atoms with Crippen molar-refractivity contribution in [3.05, 3.63) is 59.2 Å². The highest BCUT2D eigenvalue weighted by atomic mass is 16.7. The molecule has 2 aromatic carbocycles. The van der Waals surface area contributed by atoms with Gasteiger partial charge < -0.3 is 14.2 Å². The summed E-state index contributed by atoms with van der Waals surface area (Å²) < 4.78 is 15.4. The minimum Gasteiger partial charge on any atom is -0.465 e. The number of hydrogen-bond donors (Lipinski definition) is 0. The number of rotatable bonds is 3. The van der Waals surface area contributed by atoms with E-state index in [1.165, 1.54) is 12.1 Å². The number of ether oxygens (including phenoxy) is 3. The predicted octanol–water partition coefficient (Wildman–Crippen LogP) is 3.01. The molecule has 0 atom stereocenters. The van der Waals surface area contributed by atoms with E-state index in [1.54, 1.807) is 37.3 Å². The first-order chi connectivity index (χ1) is 13.1. The van der Waals surface area contributed by atoms with E-state index >= 15 is 0 Å². The van der Waals surface area contributed by atoms with Gasteiger partial charge in [-0.15, -0.1) is 0 Å². The number of benzene rings is 2. The number of amides is 1. The summed E-state index contributed by atoms with van der Waals surface area (Å²) in [7, 11) is 1.32. The van der Waals surface area contributed by atoms with Crippen molar-refractivity contribution in [1.82, 2.24) is 0 Å². The van der Waals surface area contributed by atoms with Gasteiger partial charge in [-0.2, -0.15) is 10.1 Å². The van der Waals surface area contributed by atoms with Crippen molar-refractivity contribution < 1.29 is 23.8 Å². The third kappa shape index (κ3) is 3.03. The number of fused-ring (bicyclic) bond motifs is 1. The van der Waals surface area contributed by atoms with Gasteiger partial charge in [-0.1, -0.05) is 6.07 Å². The van der Waals surface area contributed by atoms with Crippen LogP contribution < -0.4 is 14.5 Å². The zero-order valence-corrected chi connectivity index (χ0v) is 14.8. The second-order valence-corrected chi connectivity index (χ2v) is 6.01. The molecule has 2 aliphatic rings. The second-order valence-electron chi connectivity index (χ2n) is 6.01. The Bertz CT molecular complexity index is 992. The van der Waals surface area contributed by atoms with Crippen molar-refractivity contribution in [2.24, 2.45) is 5.10 Å². The van der Waals surface area contributed by atoms with Crippen molar-refractivity contribution in [2.75, 3.05) is 18.9 Å². The molecule has 7 nitrogen and oxygen atoms in total. The molecule has 2 aromatic rings. The van der Waals surface area contributed by atoms with E-state index in [0.717, 1.165) is 5.56 Å². The molecule has 1 amide bonds. The number of esters is 1. The molecule has 0 aliphatic carbocycles. The quantitative estimate of drug-likeness (QED) is 0.618. The number of hydrazone groups is 1. The minimum absolute atomic E-state index is 0.199. The molecule has 0 aromatic heterocycles. The van der Waals surface area contributed by atoms with Crippen LogP contribution in [0.4, 0.5) is 5.69 Å². The van der Waals surface area contributed by atoms with E-state index in [4.69, 9.17) is 9.47 Å². The van der Waals surface area contributed by atoms with Gasteiger partial charge in [0.25, 0.3) is 5.91 Å². The Morgan fingerprint density at radius 1 is 1.15 bits per heavy atom. The van der Waals surface area contributed by atoms with Gasteiger partial charge in [-0.25, -0.2) is 4.79 Å². The van der Waals surface area contributed by atoms with E-state index < -0.39 is 5.97 Å². The highest BCUT2D eigenvalue weighted by molar-refractivity contribution is 6.32. The number of hydrogen-bond acceptors (Lipinski definition) is 6. The lowest BCUT2D eigenvalue weighted by Crippen LogP contribution is -2.21. The fraction of sp³-hybridized carbons (Fsp3) is 0.150. The van der Waals surface area contributed by atoms with Gasteiger partial charge in [0.15, 0.2) is 11.5 Å². The average Bonchev–Trinajstić information content (AvgIpc) is 3.27. The first-order valence-corrected chi connectivity index (χ1v) is 8.26. The predicted molar refractivity (Wildman–Crippen MR) is 98.9 cm³/mol. The van der Waals surface area contributed by atoms with E-state index in [1.807, 2.05) is 18.2 Å². The van der Waals surface area contributed by atoms with Crippen LogP contribution in [0.1, 0.15) is 22.8 Å². The summed E-state index contributed by atoms with van der Waals surface area (Å²) in [5, 5.41) is 5.66. The van der Waals surface area contributed by atoms with Crippen LogP contribution in [0, 0.1) is 0 Å². The molecule has 4 rings (SSSR count). The van der Waals surface area contributed by atoms with Gasteiger partial charge in [0.1, 0.15) is 0 Å². The number of methoxy groups -OCH3 is 1. The minimum atomic E-state index is -0.433. The molecular formula is C20H16N2O5. The molecule has 0 bridgehead atoms. The van der Waals surface area contributed by atoms with Gasteiger partial charge in [-0.3, -0.25) is 4.79 Å². The van der Waals surface area contributed by atoms with Crippen molar-refractivity contribution >= 4 is 29.4 Å². The van der Waals surface area contributed by atoms with E-state index in [0.29, 0.717) is 34.0 Å². The fourth-order valence-corrected chi connectivity index (χ4v) is 2.89. The summed E-state index contributed by atoms with van der Waals surface area (Å²) >= 11 is 0. The maximum absolute atomic E-state index is 12.8. The summed E-state index contributed by atoms with van der Waals surface area (Å²) in [5.74, 6) is 0.667. The lowest BCUT2D eigenvalue weighted by molar-refractivity contribution is -0.114. The van der Waals surface area contributed by atoms with Gasteiger partial charge in [0.2, 0.25) is 6.79 Å². The zero-order valence-electron chi connectivity index (χ0n) is 14.8. The van der Waals surface area contributed by atoms with E-state index in [9.17, 15) is 9.59 Å². The monoisotopic (exact) mass is 364 g/mol. The Morgan fingerprint density at radius 3 is 2.63 bits per heavy atom. The number of anilines is 1. The summed E-state index contributed by atoms with van der Waals surface area (Å²) in [6.45, 7) is 1.98. The smallest absolute Gasteiger partial charge is 0.337 e. The standard InChI is InChI=1S/C20H16N2O5/c1-12-16(9-13-3-8-17-18(10-13)27-11-26-17)19(23)22(21-12)15-6-4-14(5-7-15)20(24)25-2/h3-10H,11H2,1-2H3/b16-9-. The molecule has 0 saturated carbocycles. The van der Waals surface area contributed by atoms with Crippen LogP contribution in [-0.4, -0.2) is 31.5 Å². The van der Waals surface area contributed by atoms with Crippen LogP contribution in [0.25, 0.3) is 6.08 Å². The Kier molecular flexibility index (Phi) is 4.12. The molecule has 2 aliphatic heterocycles. The molecule has 27 heavy (non-hydrogen) atoms. The van der Waals surface area contributed by atoms with Crippen LogP contribution in [-0.2, 0) is 9.53 Å². The third-order valence-corrected chi connectivity index (χ3v) is 4.30. The lowest BCUT2D eigenvalue weighted by atomic mass is 10.1. The third-order valence-electron chi connectivity index (χ3n) is 4.30. The fourth-order valence-electron chi connectivity index (χ4n) is 2.89. The summed E-state index contributed by atoms with van der Waals surface area (Å²) in [6.07, 6.45) is 1.77. The highest BCUT2D eigenvalue weighted by Gasteiger charge is 2.29. The molecule has 136 valence electrons. The molecule has 0 fully saturated rings. The molecule has 0 spiro atoms. The number of carbonyl (C=O) groups excluding carboxylic acids is 2. The molecule has 2 heterocycles. The van der Waals surface area contributed by atoms with Crippen LogP contribution in [0.15, 0.2) is 53.1 Å². The van der Waals surface area contributed by atoms with Crippen molar-refractivity contribution in [3.63, 3.8) is 0 Å². The molecule has 0 saturated heterocycles. The molecule has 7 heteroatoms. The Morgan fingerprint density at radius 2 is 1.89 bits per heavy atom. The maximum atomic E-state index is 12.8. The molecule has 0 unspecified atom stereocenters. The zero-order chi connectivity index (χ0) is 19.0.